The molecular formula is C29H38F2O. The quantitative estimate of drug-likeness (QED) is 0.279. The van der Waals surface area contributed by atoms with E-state index in [9.17, 15) is 4.39 Å². The van der Waals surface area contributed by atoms with E-state index in [0.29, 0.717) is 29.2 Å². The first-order valence-electron chi connectivity index (χ1n) is 12.8. The van der Waals surface area contributed by atoms with Crippen molar-refractivity contribution in [1.82, 2.24) is 0 Å². The van der Waals surface area contributed by atoms with Gasteiger partial charge in [0.05, 0.1) is 5.39 Å². The molecule has 2 fully saturated rings. The van der Waals surface area contributed by atoms with Crippen molar-refractivity contribution in [3.63, 3.8) is 0 Å². The van der Waals surface area contributed by atoms with Gasteiger partial charge < -0.3 is 4.74 Å². The van der Waals surface area contributed by atoms with Gasteiger partial charge in [-0.15, -0.1) is 0 Å². The van der Waals surface area contributed by atoms with Crippen LogP contribution in [0.15, 0.2) is 36.9 Å². The number of benzene rings is 2. The molecule has 2 aliphatic rings. The molecular weight excluding hydrogens is 402 g/mol. The van der Waals surface area contributed by atoms with E-state index in [0.717, 1.165) is 24.7 Å². The lowest BCUT2D eigenvalue weighted by atomic mass is 9.63. The maximum atomic E-state index is 15.5. The van der Waals surface area contributed by atoms with E-state index < -0.39 is 5.82 Å². The molecule has 1 nitrogen and oxygen atoms in total. The van der Waals surface area contributed by atoms with Gasteiger partial charge in [-0.2, -0.15) is 0 Å². The second kappa shape index (κ2) is 10.8. The third-order valence-corrected chi connectivity index (χ3v) is 8.00. The summed E-state index contributed by atoms with van der Waals surface area (Å²) in [6, 6.07) is 6.75. The summed E-state index contributed by atoms with van der Waals surface area (Å²) >= 11 is 0. The van der Waals surface area contributed by atoms with Crippen LogP contribution in [-0.4, -0.2) is 6.61 Å². The summed E-state index contributed by atoms with van der Waals surface area (Å²) in [5, 5.41) is 0.661. The minimum atomic E-state index is -0.543. The highest BCUT2D eigenvalue weighted by Gasteiger charge is 2.36. The average Bonchev–Trinajstić information content (AvgIpc) is 2.80. The van der Waals surface area contributed by atoms with Crippen LogP contribution in [-0.2, 0) is 0 Å². The van der Waals surface area contributed by atoms with Crippen molar-refractivity contribution in [1.29, 1.82) is 0 Å². The van der Waals surface area contributed by atoms with Crippen LogP contribution in [0.3, 0.4) is 0 Å². The zero-order chi connectivity index (χ0) is 22.5. The molecule has 2 unspecified atom stereocenters. The lowest BCUT2D eigenvalue weighted by molar-refractivity contribution is 0.112. The van der Waals surface area contributed by atoms with E-state index in [2.05, 4.69) is 13.5 Å². The smallest absolute Gasteiger partial charge is 0.137 e. The summed E-state index contributed by atoms with van der Waals surface area (Å²) in [6.07, 6.45) is 15.7. The van der Waals surface area contributed by atoms with Gasteiger partial charge in [0.15, 0.2) is 0 Å². The van der Waals surface area contributed by atoms with Gasteiger partial charge in [0.1, 0.15) is 24.0 Å². The van der Waals surface area contributed by atoms with Crippen molar-refractivity contribution in [3.8, 4) is 5.75 Å². The van der Waals surface area contributed by atoms with Crippen LogP contribution in [0.1, 0.15) is 89.0 Å². The van der Waals surface area contributed by atoms with Crippen molar-refractivity contribution >= 4 is 10.8 Å². The van der Waals surface area contributed by atoms with E-state index in [1.54, 1.807) is 12.1 Å². The highest BCUT2D eigenvalue weighted by atomic mass is 19.1. The molecule has 174 valence electrons. The summed E-state index contributed by atoms with van der Waals surface area (Å²) in [7, 11) is 0. The van der Waals surface area contributed by atoms with Gasteiger partial charge in [-0.05, 0) is 72.8 Å². The number of halogens is 2. The first-order valence-corrected chi connectivity index (χ1v) is 12.8. The Kier molecular flexibility index (Phi) is 7.86. The Morgan fingerprint density at radius 2 is 1.81 bits per heavy atom. The molecule has 0 bridgehead atoms. The summed E-state index contributed by atoms with van der Waals surface area (Å²) in [5.41, 5.74) is 0.705. The monoisotopic (exact) mass is 440 g/mol. The molecule has 0 radical (unpaired) electrons. The Labute approximate surface area is 192 Å². The first-order chi connectivity index (χ1) is 15.6. The average molecular weight is 441 g/mol. The van der Waals surface area contributed by atoms with Crippen molar-refractivity contribution < 1.29 is 13.5 Å². The SMILES string of the molecule is C=CCOc1cc(F)c2c(F)c([C@@H]3CC[C@@H]4CC(CCCCCC)CCC4C3)ccc2c1. The summed E-state index contributed by atoms with van der Waals surface area (Å²) in [4.78, 5) is 0. The zero-order valence-corrected chi connectivity index (χ0v) is 19.6. The van der Waals surface area contributed by atoms with Gasteiger partial charge >= 0.3 is 0 Å². The number of rotatable bonds is 9. The van der Waals surface area contributed by atoms with Crippen molar-refractivity contribution in [2.24, 2.45) is 17.8 Å². The molecule has 0 aromatic heterocycles. The molecule has 2 saturated carbocycles. The molecule has 32 heavy (non-hydrogen) atoms. The molecule has 2 aliphatic carbocycles. The predicted octanol–water partition coefficient (Wildman–Crippen LogP) is 8.95. The van der Waals surface area contributed by atoms with Gasteiger partial charge in [0.25, 0.3) is 0 Å². The highest BCUT2D eigenvalue weighted by molar-refractivity contribution is 5.86. The fourth-order valence-corrected chi connectivity index (χ4v) is 6.31. The van der Waals surface area contributed by atoms with Crippen LogP contribution >= 0.6 is 0 Å². The molecule has 0 N–H and O–H groups in total. The van der Waals surface area contributed by atoms with Gasteiger partial charge in [0.2, 0.25) is 0 Å². The first kappa shape index (κ1) is 23.3. The van der Waals surface area contributed by atoms with Crippen LogP contribution in [0, 0.1) is 29.4 Å². The van der Waals surface area contributed by atoms with E-state index in [1.807, 2.05) is 12.1 Å². The fraction of sp³-hybridized carbons (Fsp3) is 0.586. The molecule has 0 spiro atoms. The molecule has 4 atom stereocenters. The number of unbranched alkanes of at least 4 members (excludes halogenated alkanes) is 3. The predicted molar refractivity (Wildman–Crippen MR) is 129 cm³/mol. The van der Waals surface area contributed by atoms with E-state index >= 15 is 4.39 Å². The molecule has 4 rings (SSSR count). The van der Waals surface area contributed by atoms with E-state index in [-0.39, 0.29) is 17.1 Å². The van der Waals surface area contributed by atoms with Crippen LogP contribution in [0.2, 0.25) is 0 Å². The van der Waals surface area contributed by atoms with Crippen LogP contribution in [0.25, 0.3) is 10.8 Å². The van der Waals surface area contributed by atoms with Crippen molar-refractivity contribution in [2.75, 3.05) is 6.61 Å². The minimum absolute atomic E-state index is 0.103. The van der Waals surface area contributed by atoms with E-state index in [4.69, 9.17) is 4.74 Å². The summed E-state index contributed by atoms with van der Waals surface area (Å²) in [6.45, 7) is 6.18. The molecule has 0 aliphatic heterocycles. The fourth-order valence-electron chi connectivity index (χ4n) is 6.31. The largest absolute Gasteiger partial charge is 0.489 e. The molecule has 3 heteroatoms. The maximum absolute atomic E-state index is 15.5. The Balaban J connectivity index is 1.43. The van der Waals surface area contributed by atoms with Gasteiger partial charge in [-0.3, -0.25) is 0 Å². The Morgan fingerprint density at radius 3 is 2.62 bits per heavy atom. The van der Waals surface area contributed by atoms with Crippen LogP contribution < -0.4 is 4.74 Å². The van der Waals surface area contributed by atoms with Gasteiger partial charge in [-0.25, -0.2) is 8.78 Å². The second-order valence-corrected chi connectivity index (χ2v) is 10.1. The number of hydrogen-bond acceptors (Lipinski definition) is 1. The highest BCUT2D eigenvalue weighted by Crippen LogP contribution is 2.49. The van der Waals surface area contributed by atoms with Crippen molar-refractivity contribution in [3.05, 3.63) is 54.1 Å². The third-order valence-electron chi connectivity index (χ3n) is 8.00. The molecule has 0 saturated heterocycles. The Morgan fingerprint density at radius 1 is 1.00 bits per heavy atom. The zero-order valence-electron chi connectivity index (χ0n) is 19.6. The lowest BCUT2D eigenvalue weighted by Crippen LogP contribution is -2.30. The third kappa shape index (κ3) is 5.18. The molecule has 2 aromatic rings. The number of ether oxygens (including phenoxy) is 1. The van der Waals surface area contributed by atoms with Crippen LogP contribution in [0.4, 0.5) is 8.78 Å². The maximum Gasteiger partial charge on any atom is 0.137 e. The summed E-state index contributed by atoms with van der Waals surface area (Å²) in [5.74, 6) is 2.11. The Hall–Kier alpha value is -1.90. The lowest BCUT2D eigenvalue weighted by Gasteiger charge is -2.42. The molecule has 0 amide bonds. The normalized spacial score (nSPS) is 25.5. The van der Waals surface area contributed by atoms with Gasteiger partial charge in [0, 0.05) is 6.07 Å². The topological polar surface area (TPSA) is 9.23 Å². The minimum Gasteiger partial charge on any atom is -0.489 e. The number of fused-ring (bicyclic) bond motifs is 2. The van der Waals surface area contributed by atoms with Crippen molar-refractivity contribution in [2.45, 2.75) is 83.5 Å². The molecule has 0 heterocycles. The van der Waals surface area contributed by atoms with Gasteiger partial charge in [-0.1, -0.05) is 70.2 Å². The standard InChI is InChI=1S/C29H38F2O/c1-3-5-6-7-8-20-9-10-22-17-23(12-11-21(22)16-20)26-14-13-24-18-25(32-15-4-2)19-27(30)28(24)29(26)31/h4,13-14,18-23H,2-3,5-12,15-17H2,1H3/t20?,21-,22?,23-/m1/s1. The summed E-state index contributed by atoms with van der Waals surface area (Å²) < 4.78 is 35.7. The van der Waals surface area contributed by atoms with E-state index in [1.165, 1.54) is 63.9 Å². The number of hydrogen-bond donors (Lipinski definition) is 0. The van der Waals surface area contributed by atoms with Crippen LogP contribution in [0.5, 0.6) is 5.75 Å². The molecule has 2 aromatic carbocycles. The Bertz CT molecular complexity index is 921. The second-order valence-electron chi connectivity index (χ2n) is 10.1.